The first-order valence-corrected chi connectivity index (χ1v) is 9.14. The number of fused-ring (bicyclic) bond motifs is 1. The van der Waals surface area contributed by atoms with Crippen LogP contribution in [-0.4, -0.2) is 26.0 Å². The molecule has 0 aliphatic carbocycles. The van der Waals surface area contributed by atoms with Crippen molar-refractivity contribution in [3.63, 3.8) is 0 Å². The molecule has 0 radical (unpaired) electrons. The van der Waals surface area contributed by atoms with Gasteiger partial charge < -0.3 is 5.32 Å². The Kier molecular flexibility index (Phi) is 5.10. The summed E-state index contributed by atoms with van der Waals surface area (Å²) in [5, 5.41) is 15.1. The van der Waals surface area contributed by atoms with Gasteiger partial charge in [0.2, 0.25) is 5.91 Å². The molecule has 0 fully saturated rings. The number of rotatable bonds is 6. The van der Waals surface area contributed by atoms with Gasteiger partial charge in [-0.05, 0) is 6.07 Å². The number of anilines is 1. The van der Waals surface area contributed by atoms with E-state index in [0.29, 0.717) is 22.1 Å². The number of thiazole rings is 1. The van der Waals surface area contributed by atoms with Crippen LogP contribution in [0.2, 0.25) is 0 Å². The summed E-state index contributed by atoms with van der Waals surface area (Å²) >= 11 is 2.68. The fourth-order valence-corrected chi connectivity index (χ4v) is 3.56. The lowest BCUT2D eigenvalue weighted by Crippen LogP contribution is -2.15. The lowest BCUT2D eigenvalue weighted by molar-refractivity contribution is -0.384. The maximum absolute atomic E-state index is 11.9. The van der Waals surface area contributed by atoms with Crippen LogP contribution in [0.4, 0.5) is 11.4 Å². The number of carbonyl (C=O) groups is 1. The highest BCUT2D eigenvalue weighted by Gasteiger charge is 2.09. The molecule has 0 aliphatic rings. The molecular formula is C15H12N4O4S2. The highest BCUT2D eigenvalue weighted by atomic mass is 32.2. The number of nitrogens with one attached hydrogen (secondary N) is 1. The van der Waals surface area contributed by atoms with Gasteiger partial charge in [0.05, 0.1) is 16.4 Å². The first-order valence-electron chi connectivity index (χ1n) is 7.11. The Hall–Kier alpha value is -2.72. The van der Waals surface area contributed by atoms with Gasteiger partial charge in [-0.1, -0.05) is 6.07 Å². The molecule has 0 bridgehead atoms. The predicted octanol–water partition coefficient (Wildman–Crippen LogP) is 2.54. The van der Waals surface area contributed by atoms with Crippen LogP contribution < -0.4 is 10.9 Å². The molecule has 1 amide bonds. The number of benzene rings is 1. The maximum atomic E-state index is 11.9. The minimum Gasteiger partial charge on any atom is -0.325 e. The van der Waals surface area contributed by atoms with Crippen LogP contribution in [0.1, 0.15) is 5.69 Å². The van der Waals surface area contributed by atoms with Gasteiger partial charge in [-0.3, -0.25) is 24.1 Å². The van der Waals surface area contributed by atoms with Crippen LogP contribution >= 0.6 is 23.1 Å². The molecule has 128 valence electrons. The van der Waals surface area contributed by atoms with E-state index in [1.807, 2.05) is 0 Å². The van der Waals surface area contributed by atoms with Gasteiger partial charge in [-0.15, -0.1) is 23.1 Å². The molecule has 0 aliphatic heterocycles. The average molecular weight is 376 g/mol. The van der Waals surface area contributed by atoms with Crippen molar-refractivity contribution in [3.8, 4) is 0 Å². The van der Waals surface area contributed by atoms with E-state index in [9.17, 15) is 19.7 Å². The van der Waals surface area contributed by atoms with Crippen LogP contribution in [-0.2, 0) is 10.5 Å². The molecule has 1 N–H and O–H groups in total. The molecule has 0 spiro atoms. The van der Waals surface area contributed by atoms with Crippen LogP contribution in [0.15, 0.2) is 46.7 Å². The first kappa shape index (κ1) is 17.1. The molecule has 8 nitrogen and oxygen atoms in total. The SMILES string of the molecule is O=C(CSCc1cc(=O)n2ccsc2n1)Nc1cccc([N+](=O)[O-])c1. The van der Waals surface area contributed by atoms with Crippen molar-refractivity contribution in [2.45, 2.75) is 5.75 Å². The van der Waals surface area contributed by atoms with E-state index < -0.39 is 4.92 Å². The standard InChI is InChI=1S/C15H12N4O4S2/c20-13(16-10-2-1-3-12(6-10)19(22)23)9-24-8-11-7-14(21)18-4-5-25-15(18)17-11/h1-7H,8-9H2,(H,16,20). The fraction of sp³-hybridized carbons (Fsp3) is 0.133. The number of nitro benzene ring substituents is 1. The summed E-state index contributed by atoms with van der Waals surface area (Å²) in [6.45, 7) is 0. The Labute approximate surface area is 149 Å². The summed E-state index contributed by atoms with van der Waals surface area (Å²) in [5.41, 5.74) is 0.749. The fourth-order valence-electron chi connectivity index (χ4n) is 2.10. The van der Waals surface area contributed by atoms with Crippen LogP contribution in [0, 0.1) is 10.1 Å². The van der Waals surface area contributed by atoms with Crippen molar-refractivity contribution in [1.82, 2.24) is 9.38 Å². The van der Waals surface area contributed by atoms with Gasteiger partial charge in [0.1, 0.15) is 0 Å². The molecule has 1 aromatic carbocycles. The molecule has 2 aromatic heterocycles. The smallest absolute Gasteiger partial charge is 0.271 e. The van der Waals surface area contributed by atoms with E-state index in [0.717, 1.165) is 0 Å². The lowest BCUT2D eigenvalue weighted by Gasteiger charge is -2.05. The third-order valence-corrected chi connectivity index (χ3v) is 4.90. The first-order chi connectivity index (χ1) is 12.0. The van der Waals surface area contributed by atoms with E-state index in [2.05, 4.69) is 10.3 Å². The van der Waals surface area contributed by atoms with E-state index in [-0.39, 0.29) is 22.9 Å². The van der Waals surface area contributed by atoms with Crippen LogP contribution in [0.5, 0.6) is 0 Å². The highest BCUT2D eigenvalue weighted by Crippen LogP contribution is 2.18. The zero-order valence-corrected chi connectivity index (χ0v) is 14.4. The average Bonchev–Trinajstić information content (AvgIpc) is 3.04. The van der Waals surface area contributed by atoms with Crippen molar-refractivity contribution < 1.29 is 9.72 Å². The van der Waals surface area contributed by atoms with Gasteiger partial charge >= 0.3 is 0 Å². The van der Waals surface area contributed by atoms with E-state index in [1.54, 1.807) is 17.6 Å². The Balaban J connectivity index is 1.56. The number of hydrogen-bond donors (Lipinski definition) is 1. The molecule has 2 heterocycles. The van der Waals surface area contributed by atoms with E-state index >= 15 is 0 Å². The second kappa shape index (κ2) is 7.45. The highest BCUT2D eigenvalue weighted by molar-refractivity contribution is 7.99. The number of thioether (sulfide) groups is 1. The Morgan fingerprint density at radius 1 is 1.40 bits per heavy atom. The summed E-state index contributed by atoms with van der Waals surface area (Å²) < 4.78 is 1.47. The molecule has 0 saturated carbocycles. The van der Waals surface area contributed by atoms with E-state index in [1.165, 1.54) is 51.8 Å². The second-order valence-corrected chi connectivity index (χ2v) is 6.85. The summed E-state index contributed by atoms with van der Waals surface area (Å²) in [5.74, 6) is 0.291. The van der Waals surface area contributed by atoms with Crippen molar-refractivity contribution in [2.24, 2.45) is 0 Å². The van der Waals surface area contributed by atoms with Gasteiger partial charge in [0.25, 0.3) is 11.2 Å². The topological polar surface area (TPSA) is 107 Å². The van der Waals surface area contributed by atoms with Crippen LogP contribution in [0.3, 0.4) is 0 Å². The Morgan fingerprint density at radius 3 is 3.04 bits per heavy atom. The van der Waals surface area contributed by atoms with Gasteiger partial charge in [-0.2, -0.15) is 0 Å². The molecule has 0 unspecified atom stereocenters. The van der Waals surface area contributed by atoms with Crippen molar-refractivity contribution in [1.29, 1.82) is 0 Å². The molecular weight excluding hydrogens is 364 g/mol. The predicted molar refractivity (Wildman–Crippen MR) is 97.2 cm³/mol. The monoisotopic (exact) mass is 376 g/mol. The summed E-state index contributed by atoms with van der Waals surface area (Å²) in [6.07, 6.45) is 1.67. The van der Waals surface area contributed by atoms with Crippen molar-refractivity contribution in [3.05, 3.63) is 68.1 Å². The number of nitrogens with zero attached hydrogens (tertiary/aromatic N) is 3. The number of aromatic nitrogens is 2. The molecule has 0 saturated heterocycles. The minimum absolute atomic E-state index is 0.0839. The number of nitro groups is 1. The van der Waals surface area contributed by atoms with Crippen LogP contribution in [0.25, 0.3) is 4.96 Å². The van der Waals surface area contributed by atoms with Crippen molar-refractivity contribution in [2.75, 3.05) is 11.1 Å². The zero-order valence-electron chi connectivity index (χ0n) is 12.7. The third-order valence-electron chi connectivity index (χ3n) is 3.18. The summed E-state index contributed by atoms with van der Waals surface area (Å²) in [7, 11) is 0. The number of carbonyl (C=O) groups excluding carboxylic acids is 1. The molecule has 10 heteroatoms. The summed E-state index contributed by atoms with van der Waals surface area (Å²) in [4.78, 5) is 39.0. The maximum Gasteiger partial charge on any atom is 0.271 e. The number of hydrogen-bond acceptors (Lipinski definition) is 7. The largest absolute Gasteiger partial charge is 0.325 e. The summed E-state index contributed by atoms with van der Waals surface area (Å²) in [6, 6.07) is 7.20. The zero-order chi connectivity index (χ0) is 17.8. The van der Waals surface area contributed by atoms with Gasteiger partial charge in [0.15, 0.2) is 4.96 Å². The number of non-ortho nitro benzene ring substituents is 1. The molecule has 3 aromatic rings. The Morgan fingerprint density at radius 2 is 2.24 bits per heavy atom. The lowest BCUT2D eigenvalue weighted by atomic mass is 10.3. The normalized spacial score (nSPS) is 10.7. The molecule has 25 heavy (non-hydrogen) atoms. The van der Waals surface area contributed by atoms with Gasteiger partial charge in [-0.25, -0.2) is 4.98 Å². The van der Waals surface area contributed by atoms with Crippen molar-refractivity contribution >= 4 is 45.3 Å². The third kappa shape index (κ3) is 4.22. The quantitative estimate of drug-likeness (QED) is 0.523. The minimum atomic E-state index is -0.519. The second-order valence-electron chi connectivity index (χ2n) is 4.99. The van der Waals surface area contributed by atoms with Gasteiger partial charge in [0, 0.05) is 41.2 Å². The number of amides is 1. The Bertz CT molecular complexity index is 998. The molecule has 0 atom stereocenters. The molecule has 3 rings (SSSR count). The van der Waals surface area contributed by atoms with E-state index in [4.69, 9.17) is 0 Å².